The molecule has 3 unspecified atom stereocenters. The number of rotatable bonds is 66. The van der Waals surface area contributed by atoms with Crippen molar-refractivity contribution in [1.29, 1.82) is 0 Å². The number of aliphatic hydroxyl groups is 1. The molecule has 0 saturated heterocycles. The summed E-state index contributed by atoms with van der Waals surface area (Å²) in [6.07, 6.45) is 40.7. The summed E-state index contributed by atoms with van der Waals surface area (Å²) in [4.78, 5) is 72.4. The molecular formula is C69H134O17P2. The van der Waals surface area contributed by atoms with E-state index in [0.717, 1.165) is 108 Å². The van der Waals surface area contributed by atoms with E-state index in [4.69, 9.17) is 37.0 Å². The van der Waals surface area contributed by atoms with Crippen molar-refractivity contribution in [3.05, 3.63) is 0 Å². The van der Waals surface area contributed by atoms with Gasteiger partial charge >= 0.3 is 39.5 Å². The van der Waals surface area contributed by atoms with Crippen LogP contribution in [0.25, 0.3) is 0 Å². The van der Waals surface area contributed by atoms with E-state index in [2.05, 4.69) is 55.4 Å². The normalized spacial score (nSPS) is 14.6. The number of phosphoric ester groups is 2. The van der Waals surface area contributed by atoms with Crippen LogP contribution in [0.15, 0.2) is 0 Å². The predicted molar refractivity (Wildman–Crippen MR) is 354 cm³/mol. The van der Waals surface area contributed by atoms with Gasteiger partial charge in [0.05, 0.1) is 26.4 Å². The highest BCUT2D eigenvalue weighted by molar-refractivity contribution is 7.47. The molecule has 0 aromatic heterocycles. The summed E-state index contributed by atoms with van der Waals surface area (Å²) in [5, 5.41) is 10.6. The maximum absolute atomic E-state index is 13.0. The SMILES string of the molecule is CCC(C)CCCCCCCCC(=O)O[C@H](COC(=O)CCCCCCCCCCCCCCCCCCC(C)C)COP(=O)(O)OC[C@@H](O)COP(=O)(O)OC[C@@H](COC(=O)CCCCCCCCC(C)C)OC(=O)CCCCCCCCCC(C)C. The lowest BCUT2D eigenvalue weighted by Crippen LogP contribution is -2.30. The number of phosphoric acid groups is 2. The fourth-order valence-corrected chi connectivity index (χ4v) is 11.9. The number of carbonyl (C=O) groups excluding carboxylic acids is 4. The second-order valence-corrected chi connectivity index (χ2v) is 29.5. The quantitative estimate of drug-likeness (QED) is 0.0222. The third-order valence-electron chi connectivity index (χ3n) is 16.2. The Morgan fingerprint density at radius 2 is 0.545 bits per heavy atom. The summed E-state index contributed by atoms with van der Waals surface area (Å²) < 4.78 is 68.1. The first-order valence-electron chi connectivity index (χ1n) is 35.7. The summed E-state index contributed by atoms with van der Waals surface area (Å²) >= 11 is 0. The summed E-state index contributed by atoms with van der Waals surface area (Å²) in [5.41, 5.74) is 0. The Labute approximate surface area is 537 Å². The van der Waals surface area contributed by atoms with Gasteiger partial charge in [-0.25, -0.2) is 9.13 Å². The number of unbranched alkanes of at least 4 members (excludes halogenated alkanes) is 31. The van der Waals surface area contributed by atoms with Crippen LogP contribution in [0.3, 0.4) is 0 Å². The molecule has 0 aromatic rings. The van der Waals surface area contributed by atoms with Gasteiger partial charge in [-0.15, -0.1) is 0 Å². The van der Waals surface area contributed by atoms with Crippen molar-refractivity contribution in [1.82, 2.24) is 0 Å². The van der Waals surface area contributed by atoms with Crippen LogP contribution in [0.2, 0.25) is 0 Å². The maximum Gasteiger partial charge on any atom is 0.472 e. The molecule has 0 heterocycles. The van der Waals surface area contributed by atoms with E-state index in [0.29, 0.717) is 37.5 Å². The molecule has 0 fully saturated rings. The minimum absolute atomic E-state index is 0.102. The molecule has 0 saturated carbocycles. The molecular weight excluding hydrogens is 1160 g/mol. The Balaban J connectivity index is 5.16. The largest absolute Gasteiger partial charge is 0.472 e. The molecule has 3 N–H and O–H groups in total. The van der Waals surface area contributed by atoms with Gasteiger partial charge < -0.3 is 33.8 Å². The van der Waals surface area contributed by atoms with Crippen LogP contribution in [0.5, 0.6) is 0 Å². The average Bonchev–Trinajstić information content (AvgIpc) is 3.48. The van der Waals surface area contributed by atoms with Gasteiger partial charge in [0.1, 0.15) is 19.3 Å². The number of esters is 4. The van der Waals surface area contributed by atoms with Gasteiger partial charge in [0, 0.05) is 25.7 Å². The van der Waals surface area contributed by atoms with Crippen molar-refractivity contribution < 1.29 is 80.2 Å². The zero-order chi connectivity index (χ0) is 65.4. The molecule has 0 amide bonds. The molecule has 19 heteroatoms. The third-order valence-corrected chi connectivity index (χ3v) is 18.1. The Hall–Kier alpha value is -1.94. The number of carbonyl (C=O) groups is 4. The molecule has 522 valence electrons. The van der Waals surface area contributed by atoms with Crippen molar-refractivity contribution in [2.75, 3.05) is 39.6 Å². The lowest BCUT2D eigenvalue weighted by atomic mass is 10.00. The highest BCUT2D eigenvalue weighted by Crippen LogP contribution is 2.45. The van der Waals surface area contributed by atoms with Crippen molar-refractivity contribution in [3.8, 4) is 0 Å². The lowest BCUT2D eigenvalue weighted by molar-refractivity contribution is -0.161. The molecule has 0 bridgehead atoms. The third kappa shape index (κ3) is 61.6. The summed E-state index contributed by atoms with van der Waals surface area (Å²) in [5.74, 6) is 0.770. The van der Waals surface area contributed by atoms with Gasteiger partial charge in [-0.3, -0.25) is 37.3 Å². The van der Waals surface area contributed by atoms with Crippen LogP contribution in [-0.4, -0.2) is 96.7 Å². The minimum Gasteiger partial charge on any atom is -0.462 e. The molecule has 0 rings (SSSR count). The minimum atomic E-state index is -4.95. The maximum atomic E-state index is 13.0. The summed E-state index contributed by atoms with van der Waals surface area (Å²) in [7, 11) is -9.90. The van der Waals surface area contributed by atoms with E-state index >= 15 is 0 Å². The summed E-state index contributed by atoms with van der Waals surface area (Å²) in [6.45, 7) is 14.0. The number of aliphatic hydroxyl groups excluding tert-OH is 1. The Bertz CT molecular complexity index is 1750. The van der Waals surface area contributed by atoms with E-state index in [1.54, 1.807) is 0 Å². The smallest absolute Gasteiger partial charge is 0.462 e. The standard InChI is InChI=1S/C69H134O17P2/c1-9-62(8)48-40-32-26-28-36-44-52-69(74)86-65(55-79-66(71)49-41-33-23-19-17-15-13-11-10-12-14-16-18-21-29-37-45-59(2)3)58-84-88(77,78)82-54-63(70)53-81-87(75,76)83-57-64(56-80-67(72)50-42-34-27-25-31-39-47-61(6)7)85-68(73)51-43-35-24-20-22-30-38-46-60(4)5/h59-65,70H,9-58H2,1-8H3,(H,75,76)(H,77,78)/t62?,63-,64+,65+/m0/s1. The molecule has 0 radical (unpaired) electrons. The van der Waals surface area contributed by atoms with Crippen LogP contribution in [0.4, 0.5) is 0 Å². The highest BCUT2D eigenvalue weighted by atomic mass is 31.2. The molecule has 0 aliphatic carbocycles. The first-order valence-corrected chi connectivity index (χ1v) is 38.7. The number of ether oxygens (including phenoxy) is 4. The van der Waals surface area contributed by atoms with Crippen molar-refractivity contribution >= 4 is 39.5 Å². The Kier molecular flexibility index (Phi) is 57.6. The first kappa shape index (κ1) is 86.1. The zero-order valence-electron chi connectivity index (χ0n) is 57.3. The van der Waals surface area contributed by atoms with Crippen LogP contribution in [0, 0.1) is 23.7 Å². The second-order valence-electron chi connectivity index (χ2n) is 26.6. The highest BCUT2D eigenvalue weighted by Gasteiger charge is 2.30. The summed E-state index contributed by atoms with van der Waals surface area (Å²) in [6, 6.07) is 0. The predicted octanol–water partition coefficient (Wildman–Crippen LogP) is 19.3. The van der Waals surface area contributed by atoms with Crippen molar-refractivity contribution in [2.24, 2.45) is 23.7 Å². The van der Waals surface area contributed by atoms with Crippen LogP contribution < -0.4 is 0 Å². The van der Waals surface area contributed by atoms with Gasteiger partial charge in [0.2, 0.25) is 0 Å². The van der Waals surface area contributed by atoms with E-state index in [9.17, 15) is 43.2 Å². The van der Waals surface area contributed by atoms with E-state index in [-0.39, 0.29) is 25.7 Å². The van der Waals surface area contributed by atoms with Crippen molar-refractivity contribution in [3.63, 3.8) is 0 Å². The van der Waals surface area contributed by atoms with E-state index < -0.39 is 97.5 Å². The van der Waals surface area contributed by atoms with Gasteiger partial charge in [0.15, 0.2) is 12.2 Å². The van der Waals surface area contributed by atoms with Gasteiger partial charge in [-0.05, 0) is 49.4 Å². The van der Waals surface area contributed by atoms with E-state index in [1.165, 1.54) is 135 Å². The Morgan fingerprint density at radius 3 is 0.807 bits per heavy atom. The molecule has 88 heavy (non-hydrogen) atoms. The lowest BCUT2D eigenvalue weighted by Gasteiger charge is -2.21. The van der Waals surface area contributed by atoms with Crippen molar-refractivity contribution in [2.45, 2.75) is 356 Å². The van der Waals surface area contributed by atoms with Gasteiger partial charge in [-0.2, -0.15) is 0 Å². The Morgan fingerprint density at radius 1 is 0.318 bits per heavy atom. The first-order chi connectivity index (χ1) is 42.1. The van der Waals surface area contributed by atoms with Crippen LogP contribution in [0.1, 0.15) is 338 Å². The topological polar surface area (TPSA) is 237 Å². The molecule has 0 spiro atoms. The number of hydrogen-bond acceptors (Lipinski definition) is 15. The molecule has 0 aromatic carbocycles. The van der Waals surface area contributed by atoms with Gasteiger partial charge in [0.25, 0.3) is 0 Å². The molecule has 6 atom stereocenters. The fraction of sp³-hybridized carbons (Fsp3) is 0.942. The molecule has 0 aliphatic heterocycles. The molecule has 17 nitrogen and oxygen atoms in total. The fourth-order valence-electron chi connectivity index (χ4n) is 10.3. The zero-order valence-corrected chi connectivity index (χ0v) is 59.1. The van der Waals surface area contributed by atoms with E-state index in [1.807, 2.05) is 0 Å². The van der Waals surface area contributed by atoms with Crippen LogP contribution >= 0.6 is 15.6 Å². The monoisotopic (exact) mass is 1300 g/mol. The second kappa shape index (κ2) is 58.8. The average molecular weight is 1300 g/mol. The number of hydrogen-bond donors (Lipinski definition) is 3. The van der Waals surface area contributed by atoms with Crippen LogP contribution in [-0.2, 0) is 65.4 Å². The molecule has 0 aliphatic rings. The van der Waals surface area contributed by atoms with Gasteiger partial charge in [-0.1, -0.05) is 287 Å².